The Bertz CT molecular complexity index is 233. The molecule has 0 radical (unpaired) electrons. The van der Waals surface area contributed by atoms with Crippen LogP contribution in [-0.4, -0.2) is 23.6 Å². The number of Topliss-reactive ketones (excluding diaryl/α,β-unsaturated/α-hetero) is 1. The number of ether oxygens (including phenoxy) is 2. The smallest absolute Gasteiger partial charge is 0.316 e. The second-order valence-corrected chi connectivity index (χ2v) is 3.89. The van der Waals surface area contributed by atoms with Crippen LogP contribution in [0.5, 0.6) is 0 Å². The molecule has 0 N–H and O–H groups in total. The van der Waals surface area contributed by atoms with E-state index in [-0.39, 0.29) is 12.2 Å². The van der Waals surface area contributed by atoms with Gasteiger partial charge in [-0.15, -0.1) is 0 Å². The summed E-state index contributed by atoms with van der Waals surface area (Å²) in [6.07, 6.45) is 1.99. The number of rotatable bonds is 3. The van der Waals surface area contributed by atoms with Crippen LogP contribution in [0.4, 0.5) is 0 Å². The van der Waals surface area contributed by atoms with Gasteiger partial charge in [0.1, 0.15) is 12.2 Å². The molecular formula is C9H13ClO4. The number of ketones is 1. The molecule has 4 nitrogen and oxygen atoms in total. The maximum absolute atomic E-state index is 11.1. The van der Waals surface area contributed by atoms with Crippen molar-refractivity contribution in [1.29, 1.82) is 0 Å². The molecule has 0 amide bonds. The Hall–Kier alpha value is -0.610. The molecular weight excluding hydrogens is 208 g/mol. The first-order valence-electron chi connectivity index (χ1n) is 4.56. The van der Waals surface area contributed by atoms with Gasteiger partial charge in [-0.2, -0.15) is 0 Å². The summed E-state index contributed by atoms with van der Waals surface area (Å²) < 4.78 is 10.0. The van der Waals surface area contributed by atoms with Crippen LogP contribution in [0.25, 0.3) is 0 Å². The lowest BCUT2D eigenvalue weighted by molar-refractivity contribution is -0.205. The van der Waals surface area contributed by atoms with E-state index in [4.69, 9.17) is 21.1 Å². The predicted octanol–water partition coefficient (Wildman–Crippen LogP) is 1.60. The third-order valence-electron chi connectivity index (χ3n) is 1.85. The molecule has 1 heterocycles. The Kier molecular flexibility index (Phi) is 3.89. The topological polar surface area (TPSA) is 52.6 Å². The number of hydrogen-bond acceptors (Lipinski definition) is 4. The highest BCUT2D eigenvalue weighted by Gasteiger charge is 2.35. The van der Waals surface area contributed by atoms with Crippen molar-refractivity contribution < 1.29 is 19.1 Å². The zero-order valence-electron chi connectivity index (χ0n) is 8.05. The van der Waals surface area contributed by atoms with Gasteiger partial charge in [-0.1, -0.05) is 0 Å². The van der Waals surface area contributed by atoms with Gasteiger partial charge >= 0.3 is 5.97 Å². The largest absolute Gasteiger partial charge is 0.418 e. The molecule has 0 saturated carbocycles. The molecule has 1 fully saturated rings. The van der Waals surface area contributed by atoms with Crippen molar-refractivity contribution in [2.24, 2.45) is 0 Å². The van der Waals surface area contributed by atoms with Gasteiger partial charge in [0.25, 0.3) is 5.25 Å². The van der Waals surface area contributed by atoms with Crippen LogP contribution >= 0.6 is 11.6 Å². The monoisotopic (exact) mass is 220 g/mol. The van der Waals surface area contributed by atoms with Gasteiger partial charge in [0, 0.05) is 6.42 Å². The van der Waals surface area contributed by atoms with Crippen LogP contribution in [0.3, 0.4) is 0 Å². The van der Waals surface area contributed by atoms with Gasteiger partial charge in [-0.3, -0.25) is 9.59 Å². The average Bonchev–Trinajstić information content (AvgIpc) is 2.02. The summed E-state index contributed by atoms with van der Waals surface area (Å²) in [5.74, 6) is -0.875. The van der Waals surface area contributed by atoms with Crippen LogP contribution in [0, 0.1) is 0 Å². The summed E-state index contributed by atoms with van der Waals surface area (Å²) in [5.41, 5.74) is 0. The third kappa shape index (κ3) is 3.64. The number of esters is 1. The van der Waals surface area contributed by atoms with Gasteiger partial charge < -0.3 is 9.47 Å². The quantitative estimate of drug-likeness (QED) is 0.412. The van der Waals surface area contributed by atoms with Crippen molar-refractivity contribution in [2.45, 2.75) is 37.9 Å². The average molecular weight is 221 g/mol. The SMILES string of the molecule is CC(=O)CC(=O)OC1(Cl)CCCCO1. The zero-order valence-corrected chi connectivity index (χ0v) is 8.80. The molecule has 1 rings (SSSR count). The van der Waals surface area contributed by atoms with Crippen molar-refractivity contribution in [2.75, 3.05) is 6.61 Å². The molecule has 0 spiro atoms. The lowest BCUT2D eigenvalue weighted by Crippen LogP contribution is -2.35. The Balaban J connectivity index is 2.41. The highest BCUT2D eigenvalue weighted by Crippen LogP contribution is 2.30. The van der Waals surface area contributed by atoms with Gasteiger partial charge in [0.15, 0.2) is 0 Å². The number of hydrogen-bond donors (Lipinski definition) is 0. The van der Waals surface area contributed by atoms with E-state index in [1.807, 2.05) is 0 Å². The summed E-state index contributed by atoms with van der Waals surface area (Å²) in [6, 6.07) is 0. The van der Waals surface area contributed by atoms with Crippen molar-refractivity contribution in [3.05, 3.63) is 0 Å². The highest BCUT2D eigenvalue weighted by atomic mass is 35.5. The van der Waals surface area contributed by atoms with Crippen LogP contribution in [0.2, 0.25) is 0 Å². The molecule has 14 heavy (non-hydrogen) atoms. The van der Waals surface area contributed by atoms with Crippen LogP contribution in [0.1, 0.15) is 32.6 Å². The van der Waals surface area contributed by atoms with E-state index < -0.39 is 11.2 Å². The molecule has 0 bridgehead atoms. The molecule has 80 valence electrons. The van der Waals surface area contributed by atoms with Crippen molar-refractivity contribution in [1.82, 2.24) is 0 Å². The fourth-order valence-electron chi connectivity index (χ4n) is 1.22. The second-order valence-electron chi connectivity index (χ2n) is 3.32. The molecule has 5 heteroatoms. The lowest BCUT2D eigenvalue weighted by Gasteiger charge is -2.30. The van der Waals surface area contributed by atoms with Gasteiger partial charge in [-0.25, -0.2) is 0 Å². The minimum absolute atomic E-state index is 0.244. The van der Waals surface area contributed by atoms with Gasteiger partial charge in [0.05, 0.1) is 6.61 Å². The molecule has 1 aliphatic heterocycles. The van der Waals surface area contributed by atoms with E-state index in [0.29, 0.717) is 13.0 Å². The van der Waals surface area contributed by atoms with E-state index >= 15 is 0 Å². The number of carbonyl (C=O) groups excluding carboxylic acids is 2. The van der Waals surface area contributed by atoms with E-state index in [2.05, 4.69) is 0 Å². The molecule has 0 aliphatic carbocycles. The van der Waals surface area contributed by atoms with Gasteiger partial charge in [0.2, 0.25) is 0 Å². The summed E-state index contributed by atoms with van der Waals surface area (Å²) in [6.45, 7) is 1.81. The third-order valence-corrected chi connectivity index (χ3v) is 2.22. The number of halogens is 1. The van der Waals surface area contributed by atoms with Crippen LogP contribution < -0.4 is 0 Å². The maximum Gasteiger partial charge on any atom is 0.316 e. The molecule has 1 aliphatic rings. The van der Waals surface area contributed by atoms with Crippen LogP contribution in [0.15, 0.2) is 0 Å². The van der Waals surface area contributed by atoms with Gasteiger partial charge in [-0.05, 0) is 31.4 Å². The van der Waals surface area contributed by atoms with Crippen molar-refractivity contribution >= 4 is 23.4 Å². The second kappa shape index (κ2) is 4.75. The summed E-state index contributed by atoms with van der Waals surface area (Å²) in [7, 11) is 0. The minimum Gasteiger partial charge on any atom is -0.418 e. The number of alkyl halides is 1. The normalized spacial score (nSPS) is 27.0. The zero-order chi connectivity index (χ0) is 10.6. The Labute approximate surface area is 87.5 Å². The molecule has 0 aromatic rings. The lowest BCUT2D eigenvalue weighted by atomic mass is 10.2. The first-order chi connectivity index (χ1) is 6.52. The fraction of sp³-hybridized carbons (Fsp3) is 0.778. The molecule has 1 unspecified atom stereocenters. The first kappa shape index (κ1) is 11.5. The summed E-state index contributed by atoms with van der Waals surface area (Å²) in [5, 5.41) is -1.34. The number of carbonyl (C=O) groups is 2. The maximum atomic E-state index is 11.1. The Morgan fingerprint density at radius 1 is 1.50 bits per heavy atom. The Morgan fingerprint density at radius 3 is 2.71 bits per heavy atom. The first-order valence-corrected chi connectivity index (χ1v) is 4.94. The van der Waals surface area contributed by atoms with E-state index in [1.165, 1.54) is 6.92 Å². The Morgan fingerprint density at radius 2 is 2.21 bits per heavy atom. The highest BCUT2D eigenvalue weighted by molar-refractivity contribution is 6.22. The summed E-state index contributed by atoms with van der Waals surface area (Å²) >= 11 is 5.88. The van der Waals surface area contributed by atoms with E-state index in [9.17, 15) is 9.59 Å². The van der Waals surface area contributed by atoms with Crippen molar-refractivity contribution in [3.8, 4) is 0 Å². The fourth-order valence-corrected chi connectivity index (χ4v) is 1.52. The molecule has 0 aromatic heterocycles. The van der Waals surface area contributed by atoms with E-state index in [0.717, 1.165) is 12.8 Å². The molecule has 0 aromatic carbocycles. The predicted molar refractivity (Wildman–Crippen MR) is 49.8 cm³/mol. The summed E-state index contributed by atoms with van der Waals surface area (Å²) in [4.78, 5) is 21.7. The van der Waals surface area contributed by atoms with Crippen LogP contribution in [-0.2, 0) is 19.1 Å². The standard InChI is InChI=1S/C9H13ClO4/c1-7(11)6-8(12)14-9(10)4-2-3-5-13-9/h2-6H2,1H3. The minimum atomic E-state index is -1.34. The molecule has 1 atom stereocenters. The molecule has 1 saturated heterocycles. The van der Waals surface area contributed by atoms with E-state index in [1.54, 1.807) is 0 Å². The van der Waals surface area contributed by atoms with Crippen molar-refractivity contribution in [3.63, 3.8) is 0 Å².